The second-order valence-corrected chi connectivity index (χ2v) is 3.44. The number of amides is 1. The zero-order chi connectivity index (χ0) is 10.6. The summed E-state index contributed by atoms with van der Waals surface area (Å²) in [6, 6.07) is 3.36. The van der Waals surface area contributed by atoms with Crippen LogP contribution in [0.3, 0.4) is 0 Å². The average Bonchev–Trinajstić information content (AvgIpc) is 2.14. The molecule has 0 spiro atoms. The molecule has 1 rings (SSSR count). The molecule has 0 fully saturated rings. The van der Waals surface area contributed by atoms with Crippen LogP contribution in [-0.4, -0.2) is 12.5 Å². The highest BCUT2D eigenvalue weighted by atomic mass is 79.9. The zero-order valence-electron chi connectivity index (χ0n) is 7.37. The lowest BCUT2D eigenvalue weighted by Gasteiger charge is -2.05. The van der Waals surface area contributed by atoms with E-state index in [1.807, 2.05) is 6.92 Å². The molecule has 0 saturated carbocycles. The van der Waals surface area contributed by atoms with E-state index in [4.69, 9.17) is 0 Å². The minimum atomic E-state index is 0.440. The third-order valence-corrected chi connectivity index (χ3v) is 2.31. The third-order valence-electron chi connectivity index (χ3n) is 1.67. The van der Waals surface area contributed by atoms with Gasteiger partial charge in [0.2, 0.25) is 12.5 Å². The number of carbonyl (C=O) groups is 1. The molecule has 0 saturated heterocycles. The Kier molecular flexibility index (Phi) is 3.56. The van der Waals surface area contributed by atoms with Gasteiger partial charge in [0.05, 0.1) is 5.69 Å². The fourth-order valence-electron chi connectivity index (χ4n) is 1.02. The van der Waals surface area contributed by atoms with Crippen LogP contribution in [0.4, 0.5) is 11.4 Å². The summed E-state index contributed by atoms with van der Waals surface area (Å²) in [5, 5.41) is 2.51. The number of isocyanates is 1. The van der Waals surface area contributed by atoms with Gasteiger partial charge in [-0.2, -0.15) is 4.99 Å². The van der Waals surface area contributed by atoms with E-state index in [0.717, 1.165) is 5.56 Å². The van der Waals surface area contributed by atoms with Crippen LogP contribution in [0.25, 0.3) is 0 Å². The molecule has 0 aliphatic carbocycles. The molecule has 0 radical (unpaired) electrons. The number of anilines is 1. The maximum atomic E-state index is 10.2. The van der Waals surface area contributed by atoms with Gasteiger partial charge in [-0.1, -0.05) is 0 Å². The van der Waals surface area contributed by atoms with Crippen LogP contribution >= 0.6 is 15.9 Å². The van der Waals surface area contributed by atoms with Gasteiger partial charge in [0.15, 0.2) is 0 Å². The fourth-order valence-corrected chi connectivity index (χ4v) is 1.56. The Morgan fingerprint density at radius 2 is 2.29 bits per heavy atom. The number of rotatable bonds is 3. The van der Waals surface area contributed by atoms with Gasteiger partial charge in [0, 0.05) is 10.2 Å². The van der Waals surface area contributed by atoms with Gasteiger partial charge < -0.3 is 5.32 Å². The van der Waals surface area contributed by atoms with Gasteiger partial charge >= 0.3 is 0 Å². The summed E-state index contributed by atoms with van der Waals surface area (Å²) in [5.74, 6) is 0. The van der Waals surface area contributed by atoms with E-state index in [2.05, 4.69) is 26.2 Å². The summed E-state index contributed by atoms with van der Waals surface area (Å²) in [6.07, 6.45) is 2.02. The quantitative estimate of drug-likeness (QED) is 0.511. The molecule has 1 amide bonds. The predicted octanol–water partition coefficient (Wildman–Crippen LogP) is 2.29. The molecule has 0 aliphatic rings. The average molecular weight is 255 g/mol. The molecule has 1 aromatic carbocycles. The molecule has 5 heteroatoms. The Balaban J connectivity index is 3.25. The second kappa shape index (κ2) is 4.69. The first-order valence-electron chi connectivity index (χ1n) is 3.77. The first-order valence-corrected chi connectivity index (χ1v) is 4.56. The minimum Gasteiger partial charge on any atom is -0.328 e. The molecule has 14 heavy (non-hydrogen) atoms. The van der Waals surface area contributed by atoms with E-state index in [9.17, 15) is 9.59 Å². The van der Waals surface area contributed by atoms with Crippen LogP contribution in [0.1, 0.15) is 5.56 Å². The topological polar surface area (TPSA) is 58.5 Å². The Hall–Kier alpha value is -1.45. The predicted molar refractivity (Wildman–Crippen MR) is 56.3 cm³/mol. The van der Waals surface area contributed by atoms with Gasteiger partial charge in [-0.25, -0.2) is 4.79 Å². The molecular formula is C9H7BrN2O2. The molecular weight excluding hydrogens is 248 g/mol. The van der Waals surface area contributed by atoms with Crippen LogP contribution < -0.4 is 5.32 Å². The molecule has 1 aromatic rings. The van der Waals surface area contributed by atoms with E-state index in [0.29, 0.717) is 22.3 Å². The van der Waals surface area contributed by atoms with Crippen molar-refractivity contribution in [2.24, 2.45) is 4.99 Å². The lowest BCUT2D eigenvalue weighted by atomic mass is 10.2. The number of hydrogen-bond donors (Lipinski definition) is 1. The van der Waals surface area contributed by atoms with Crippen LogP contribution in [-0.2, 0) is 9.59 Å². The molecule has 4 nitrogen and oxygen atoms in total. The van der Waals surface area contributed by atoms with E-state index in [1.54, 1.807) is 12.1 Å². The van der Waals surface area contributed by atoms with Gasteiger partial charge in [-0.3, -0.25) is 4.79 Å². The smallest absolute Gasteiger partial charge is 0.240 e. The number of aliphatic imine (C=N–C) groups is 1. The van der Waals surface area contributed by atoms with E-state index in [1.165, 1.54) is 6.08 Å². The molecule has 0 bridgehead atoms. The summed E-state index contributed by atoms with van der Waals surface area (Å²) < 4.78 is 0.690. The van der Waals surface area contributed by atoms with Crippen molar-refractivity contribution < 1.29 is 9.59 Å². The maximum absolute atomic E-state index is 10.2. The summed E-state index contributed by atoms with van der Waals surface area (Å²) >= 11 is 3.24. The lowest BCUT2D eigenvalue weighted by molar-refractivity contribution is -0.105. The Bertz CT molecular complexity index is 412. The highest BCUT2D eigenvalue weighted by Gasteiger charge is 2.04. The van der Waals surface area contributed by atoms with Crippen molar-refractivity contribution in [3.63, 3.8) is 0 Å². The molecule has 0 atom stereocenters. The second-order valence-electron chi connectivity index (χ2n) is 2.58. The van der Waals surface area contributed by atoms with Crippen molar-refractivity contribution in [1.82, 2.24) is 0 Å². The largest absolute Gasteiger partial charge is 0.328 e. The summed E-state index contributed by atoms with van der Waals surface area (Å²) in [5.41, 5.74) is 1.95. The first-order chi connectivity index (χ1) is 6.69. The number of aryl methyl sites for hydroxylation is 1. The van der Waals surface area contributed by atoms with Crippen molar-refractivity contribution in [2.45, 2.75) is 6.92 Å². The monoisotopic (exact) mass is 254 g/mol. The van der Waals surface area contributed by atoms with Crippen LogP contribution in [0.15, 0.2) is 21.6 Å². The Labute approximate surface area is 89.2 Å². The molecule has 0 aliphatic heterocycles. The fraction of sp³-hybridized carbons (Fsp3) is 0.111. The van der Waals surface area contributed by atoms with Crippen molar-refractivity contribution >= 4 is 39.8 Å². The standard InChI is InChI=1S/C9H7BrN2O2/c1-6-2-7(10)9(12-5-14)3-8(6)11-4-13/h2-4H,1H3,(H,11,13). The number of hydrogen-bond acceptors (Lipinski definition) is 3. The molecule has 0 unspecified atom stereocenters. The number of halogens is 1. The minimum absolute atomic E-state index is 0.440. The SMILES string of the molecule is Cc1cc(Br)c(N=C=O)cc1NC=O. The van der Waals surface area contributed by atoms with E-state index in [-0.39, 0.29) is 0 Å². The van der Waals surface area contributed by atoms with Crippen molar-refractivity contribution in [3.05, 3.63) is 22.2 Å². The zero-order valence-corrected chi connectivity index (χ0v) is 8.96. The van der Waals surface area contributed by atoms with Crippen molar-refractivity contribution in [2.75, 3.05) is 5.32 Å². The van der Waals surface area contributed by atoms with Crippen molar-refractivity contribution in [1.29, 1.82) is 0 Å². The van der Waals surface area contributed by atoms with Gasteiger partial charge in [0.1, 0.15) is 0 Å². The lowest BCUT2D eigenvalue weighted by Crippen LogP contribution is -1.96. The third kappa shape index (κ3) is 2.28. The molecule has 72 valence electrons. The van der Waals surface area contributed by atoms with Crippen LogP contribution in [0.5, 0.6) is 0 Å². The van der Waals surface area contributed by atoms with Crippen LogP contribution in [0.2, 0.25) is 0 Å². The van der Waals surface area contributed by atoms with E-state index >= 15 is 0 Å². The van der Waals surface area contributed by atoms with Crippen molar-refractivity contribution in [3.8, 4) is 0 Å². The molecule has 0 aromatic heterocycles. The molecule has 1 N–H and O–H groups in total. The molecule has 0 heterocycles. The van der Waals surface area contributed by atoms with Gasteiger partial charge in [-0.05, 0) is 40.5 Å². The number of nitrogens with zero attached hydrogens (tertiary/aromatic N) is 1. The van der Waals surface area contributed by atoms with Gasteiger partial charge in [0.25, 0.3) is 0 Å². The number of carbonyl (C=O) groups excluding carboxylic acids is 2. The summed E-state index contributed by atoms with van der Waals surface area (Å²) in [4.78, 5) is 23.8. The van der Waals surface area contributed by atoms with Gasteiger partial charge in [-0.15, -0.1) is 0 Å². The summed E-state index contributed by atoms with van der Waals surface area (Å²) in [6.45, 7) is 1.84. The Morgan fingerprint density at radius 3 is 2.86 bits per heavy atom. The Morgan fingerprint density at radius 1 is 1.57 bits per heavy atom. The normalized spacial score (nSPS) is 9.00. The highest BCUT2D eigenvalue weighted by molar-refractivity contribution is 9.10. The number of nitrogens with one attached hydrogen (secondary N) is 1. The summed E-state index contributed by atoms with van der Waals surface area (Å²) in [7, 11) is 0. The van der Waals surface area contributed by atoms with E-state index < -0.39 is 0 Å². The highest BCUT2D eigenvalue weighted by Crippen LogP contribution is 2.30. The maximum Gasteiger partial charge on any atom is 0.240 e. The first kappa shape index (κ1) is 10.6. The van der Waals surface area contributed by atoms with Crippen LogP contribution in [0, 0.1) is 6.92 Å². The number of benzene rings is 1.